The number of benzene rings is 1. The van der Waals surface area contributed by atoms with Gasteiger partial charge in [-0.05, 0) is 50.5 Å². The van der Waals surface area contributed by atoms with Crippen LogP contribution in [-0.4, -0.2) is 28.8 Å². The average molecular weight is 335 g/mol. The predicted molar refractivity (Wildman–Crippen MR) is 89.6 cm³/mol. The Balaban J connectivity index is 1.60. The van der Waals surface area contributed by atoms with E-state index in [1.54, 1.807) is 0 Å². The smallest absolute Gasteiger partial charge is 0.325 e. The molecule has 1 aliphatic rings. The van der Waals surface area contributed by atoms with E-state index in [2.05, 4.69) is 32.7 Å². The predicted octanol–water partition coefficient (Wildman–Crippen LogP) is 3.70. The highest BCUT2D eigenvalue weighted by atomic mass is 32.1. The maximum absolute atomic E-state index is 12.8. The normalized spacial score (nSPS) is 17.8. The van der Waals surface area contributed by atoms with Gasteiger partial charge in [0.2, 0.25) is 10.3 Å². The van der Waals surface area contributed by atoms with Gasteiger partial charge < -0.3 is 10.2 Å². The Hall–Kier alpha value is -2.22. The van der Waals surface area contributed by atoms with Crippen LogP contribution >= 0.6 is 11.3 Å². The summed E-state index contributed by atoms with van der Waals surface area (Å²) in [6.07, 6.45) is 3.53. The van der Waals surface area contributed by atoms with Crippen LogP contribution < -0.4 is 15.5 Å². The van der Waals surface area contributed by atoms with Crippen molar-refractivity contribution in [3.63, 3.8) is 0 Å². The van der Waals surface area contributed by atoms with Gasteiger partial charge in [0.25, 0.3) is 0 Å². The Morgan fingerprint density at radius 3 is 2.78 bits per heavy atom. The third kappa shape index (κ3) is 3.95. The molecule has 6 nitrogen and oxygen atoms in total. The molecule has 0 radical (unpaired) electrons. The molecule has 0 saturated carbocycles. The van der Waals surface area contributed by atoms with Gasteiger partial charge in [-0.2, -0.15) is 0 Å². The number of hydrogen-bond acceptors (Lipinski definition) is 5. The second-order valence-electron chi connectivity index (χ2n) is 5.51. The summed E-state index contributed by atoms with van der Waals surface area (Å²) in [5, 5.41) is 14.7. The highest BCUT2D eigenvalue weighted by Crippen LogP contribution is 2.29. The van der Waals surface area contributed by atoms with Crippen LogP contribution in [0.4, 0.5) is 25.1 Å². The Labute approximate surface area is 137 Å². The first-order valence-corrected chi connectivity index (χ1v) is 8.37. The van der Waals surface area contributed by atoms with Gasteiger partial charge in [0.15, 0.2) is 0 Å². The Morgan fingerprint density at radius 2 is 2.04 bits per heavy atom. The standard InChI is InChI=1S/C15H18FN5OS/c1-10-4-2-3-9-21(10)15-20-19-14(23-15)18-13(22)17-12-7-5-11(16)6-8-12/h5-8,10H,2-4,9H2,1H3,(H2,17,18,19,22)/t10-/m0/s1. The van der Waals surface area contributed by atoms with E-state index in [0.717, 1.165) is 24.5 Å². The summed E-state index contributed by atoms with van der Waals surface area (Å²) in [6.45, 7) is 3.15. The molecule has 0 aliphatic carbocycles. The number of aromatic nitrogens is 2. The van der Waals surface area contributed by atoms with Crippen molar-refractivity contribution in [2.45, 2.75) is 32.2 Å². The first kappa shape index (κ1) is 15.7. The van der Waals surface area contributed by atoms with Crippen LogP contribution in [0.2, 0.25) is 0 Å². The summed E-state index contributed by atoms with van der Waals surface area (Å²) in [5.41, 5.74) is 0.512. The number of carbonyl (C=O) groups is 1. The molecule has 0 unspecified atom stereocenters. The van der Waals surface area contributed by atoms with Crippen molar-refractivity contribution in [3.05, 3.63) is 30.1 Å². The number of nitrogens with one attached hydrogen (secondary N) is 2. The van der Waals surface area contributed by atoms with Crippen LogP contribution in [0.5, 0.6) is 0 Å². The van der Waals surface area contributed by atoms with Crippen LogP contribution in [0.3, 0.4) is 0 Å². The van der Waals surface area contributed by atoms with E-state index >= 15 is 0 Å². The van der Waals surface area contributed by atoms with E-state index in [1.165, 1.54) is 42.0 Å². The molecule has 2 N–H and O–H groups in total. The van der Waals surface area contributed by atoms with Gasteiger partial charge in [-0.15, -0.1) is 10.2 Å². The van der Waals surface area contributed by atoms with E-state index in [1.807, 2.05) is 0 Å². The van der Waals surface area contributed by atoms with Gasteiger partial charge in [-0.25, -0.2) is 9.18 Å². The van der Waals surface area contributed by atoms with Gasteiger partial charge in [0.05, 0.1) is 0 Å². The molecule has 1 aromatic heterocycles. The number of rotatable bonds is 3. The fourth-order valence-corrected chi connectivity index (χ4v) is 3.43. The average Bonchev–Trinajstić information content (AvgIpc) is 2.98. The minimum absolute atomic E-state index is 0.347. The van der Waals surface area contributed by atoms with Crippen molar-refractivity contribution in [1.82, 2.24) is 10.2 Å². The number of piperidine rings is 1. The molecule has 2 aromatic rings. The molecule has 1 fully saturated rings. The van der Waals surface area contributed by atoms with Gasteiger partial charge in [-0.1, -0.05) is 11.3 Å². The molecule has 1 aromatic carbocycles. The van der Waals surface area contributed by atoms with Gasteiger partial charge in [-0.3, -0.25) is 5.32 Å². The first-order valence-electron chi connectivity index (χ1n) is 7.55. The maximum Gasteiger partial charge on any atom is 0.325 e. The lowest BCUT2D eigenvalue weighted by molar-refractivity contribution is 0.262. The van der Waals surface area contributed by atoms with Crippen LogP contribution in [-0.2, 0) is 0 Å². The largest absolute Gasteiger partial charge is 0.344 e. The monoisotopic (exact) mass is 335 g/mol. The minimum Gasteiger partial charge on any atom is -0.344 e. The number of amides is 2. The quantitative estimate of drug-likeness (QED) is 0.897. The van der Waals surface area contributed by atoms with E-state index in [-0.39, 0.29) is 5.82 Å². The number of carbonyl (C=O) groups excluding carboxylic acids is 1. The zero-order valence-electron chi connectivity index (χ0n) is 12.8. The van der Waals surface area contributed by atoms with Gasteiger partial charge in [0.1, 0.15) is 5.82 Å². The van der Waals surface area contributed by atoms with E-state index in [0.29, 0.717) is 16.9 Å². The highest BCUT2D eigenvalue weighted by molar-refractivity contribution is 7.19. The number of nitrogens with zero attached hydrogens (tertiary/aromatic N) is 3. The molecule has 1 saturated heterocycles. The molecular weight excluding hydrogens is 317 g/mol. The summed E-state index contributed by atoms with van der Waals surface area (Å²) in [5.74, 6) is -0.347. The van der Waals surface area contributed by atoms with E-state index < -0.39 is 6.03 Å². The maximum atomic E-state index is 12.8. The Kier molecular flexibility index (Phi) is 4.71. The van der Waals surface area contributed by atoms with Gasteiger partial charge in [0, 0.05) is 18.3 Å². The van der Waals surface area contributed by atoms with Crippen molar-refractivity contribution in [1.29, 1.82) is 0 Å². The number of halogens is 1. The molecule has 8 heteroatoms. The molecule has 23 heavy (non-hydrogen) atoms. The minimum atomic E-state index is -0.425. The SMILES string of the molecule is C[C@H]1CCCCN1c1nnc(NC(=O)Nc2ccc(F)cc2)s1. The Bertz CT molecular complexity index is 675. The first-order chi connectivity index (χ1) is 11.1. The zero-order chi connectivity index (χ0) is 16.2. The summed E-state index contributed by atoms with van der Waals surface area (Å²) >= 11 is 1.36. The van der Waals surface area contributed by atoms with E-state index in [9.17, 15) is 9.18 Å². The summed E-state index contributed by atoms with van der Waals surface area (Å²) in [7, 11) is 0. The third-order valence-corrected chi connectivity index (χ3v) is 4.66. The molecule has 2 heterocycles. The fraction of sp³-hybridized carbons (Fsp3) is 0.400. The third-order valence-electron chi connectivity index (χ3n) is 3.79. The van der Waals surface area contributed by atoms with Crippen LogP contribution in [0, 0.1) is 5.82 Å². The second kappa shape index (κ2) is 6.91. The molecule has 1 atom stereocenters. The van der Waals surface area contributed by atoms with E-state index in [4.69, 9.17) is 0 Å². The molecule has 122 valence electrons. The molecule has 2 amide bonds. The number of anilines is 3. The second-order valence-corrected chi connectivity index (χ2v) is 6.47. The van der Waals surface area contributed by atoms with Crippen molar-refractivity contribution in [2.24, 2.45) is 0 Å². The van der Waals surface area contributed by atoms with Crippen LogP contribution in [0.1, 0.15) is 26.2 Å². The summed E-state index contributed by atoms with van der Waals surface area (Å²) in [4.78, 5) is 14.2. The molecule has 3 rings (SSSR count). The van der Waals surface area contributed by atoms with Crippen molar-refractivity contribution >= 4 is 33.3 Å². The van der Waals surface area contributed by atoms with Crippen molar-refractivity contribution in [3.8, 4) is 0 Å². The van der Waals surface area contributed by atoms with Crippen LogP contribution in [0.25, 0.3) is 0 Å². The van der Waals surface area contributed by atoms with Gasteiger partial charge >= 0.3 is 6.03 Å². The lowest BCUT2D eigenvalue weighted by atomic mass is 10.1. The fourth-order valence-electron chi connectivity index (χ4n) is 2.56. The number of hydrogen-bond donors (Lipinski definition) is 2. The van der Waals surface area contributed by atoms with Crippen molar-refractivity contribution < 1.29 is 9.18 Å². The molecule has 1 aliphatic heterocycles. The van der Waals surface area contributed by atoms with Crippen LogP contribution in [0.15, 0.2) is 24.3 Å². The summed E-state index contributed by atoms with van der Waals surface area (Å²) in [6, 6.07) is 5.59. The topological polar surface area (TPSA) is 70.2 Å². The zero-order valence-corrected chi connectivity index (χ0v) is 13.6. The highest BCUT2D eigenvalue weighted by Gasteiger charge is 2.22. The molecule has 0 bridgehead atoms. The lowest BCUT2D eigenvalue weighted by Crippen LogP contribution is -2.37. The van der Waals surface area contributed by atoms with Crippen molar-refractivity contribution in [2.75, 3.05) is 22.1 Å². The summed E-state index contributed by atoms with van der Waals surface area (Å²) < 4.78 is 12.8. The number of urea groups is 1. The lowest BCUT2D eigenvalue weighted by Gasteiger charge is -2.32. The Morgan fingerprint density at radius 1 is 1.26 bits per heavy atom. The molecular formula is C15H18FN5OS. The molecule has 0 spiro atoms.